The van der Waals surface area contributed by atoms with Crippen LogP contribution >= 0.6 is 34.5 Å². The third kappa shape index (κ3) is 1.98. The van der Waals surface area contributed by atoms with E-state index >= 15 is 0 Å². The Kier molecular flexibility index (Phi) is 2.91. The largest absolute Gasteiger partial charge is 0.506 e. The molecular weight excluding hydrogens is 251 g/mol. The molecule has 0 saturated carbocycles. The molecular formula is C11H8Cl2OS. The highest BCUT2D eigenvalue weighted by Gasteiger charge is 2.10. The Balaban J connectivity index is 2.64. The normalized spacial score (nSPS) is 10.6. The van der Waals surface area contributed by atoms with Gasteiger partial charge in [-0.1, -0.05) is 23.2 Å². The van der Waals surface area contributed by atoms with Crippen LogP contribution in [0.15, 0.2) is 23.6 Å². The molecule has 1 aromatic carbocycles. The smallest absolute Gasteiger partial charge is 0.135 e. The van der Waals surface area contributed by atoms with Crippen molar-refractivity contribution in [3.05, 3.63) is 38.5 Å². The second-order valence-corrected chi connectivity index (χ2v) is 5.11. The van der Waals surface area contributed by atoms with E-state index in [4.69, 9.17) is 23.2 Å². The average molecular weight is 259 g/mol. The van der Waals surface area contributed by atoms with Crippen LogP contribution in [0.1, 0.15) is 4.88 Å². The third-order valence-corrected chi connectivity index (χ3v) is 3.65. The molecule has 0 bridgehead atoms. The SMILES string of the molecule is Cc1sccc1-c1cc(Cl)c(O)cc1Cl. The molecule has 1 nitrogen and oxygen atoms in total. The van der Waals surface area contributed by atoms with Crippen LogP contribution in [0.3, 0.4) is 0 Å². The van der Waals surface area contributed by atoms with E-state index in [1.54, 1.807) is 17.4 Å². The molecule has 15 heavy (non-hydrogen) atoms. The van der Waals surface area contributed by atoms with Crippen molar-refractivity contribution in [2.24, 2.45) is 0 Å². The number of hydrogen-bond donors (Lipinski definition) is 1. The summed E-state index contributed by atoms with van der Waals surface area (Å²) < 4.78 is 0. The van der Waals surface area contributed by atoms with E-state index in [-0.39, 0.29) is 5.75 Å². The highest BCUT2D eigenvalue weighted by molar-refractivity contribution is 7.10. The maximum absolute atomic E-state index is 9.38. The van der Waals surface area contributed by atoms with Crippen molar-refractivity contribution >= 4 is 34.5 Å². The van der Waals surface area contributed by atoms with Gasteiger partial charge in [-0.05, 0) is 30.0 Å². The van der Waals surface area contributed by atoms with Gasteiger partial charge in [0, 0.05) is 16.5 Å². The molecule has 4 heteroatoms. The molecule has 0 unspecified atom stereocenters. The second kappa shape index (κ2) is 4.05. The van der Waals surface area contributed by atoms with E-state index in [2.05, 4.69) is 0 Å². The Morgan fingerprint density at radius 1 is 1.13 bits per heavy atom. The van der Waals surface area contributed by atoms with Gasteiger partial charge in [0.15, 0.2) is 0 Å². The summed E-state index contributed by atoms with van der Waals surface area (Å²) in [4.78, 5) is 1.18. The Bertz CT molecular complexity index is 505. The Morgan fingerprint density at radius 3 is 2.47 bits per heavy atom. The minimum Gasteiger partial charge on any atom is -0.506 e. The van der Waals surface area contributed by atoms with Gasteiger partial charge >= 0.3 is 0 Å². The maximum atomic E-state index is 9.38. The van der Waals surface area contributed by atoms with Gasteiger partial charge in [0.2, 0.25) is 0 Å². The number of hydrogen-bond acceptors (Lipinski definition) is 2. The highest BCUT2D eigenvalue weighted by Crippen LogP contribution is 2.38. The summed E-state index contributed by atoms with van der Waals surface area (Å²) in [5.74, 6) is 0.0123. The first-order valence-electron chi connectivity index (χ1n) is 4.32. The molecule has 1 heterocycles. The Labute approximate surface area is 102 Å². The molecule has 1 aromatic heterocycles. The minimum absolute atomic E-state index is 0.0123. The molecule has 0 aliphatic carbocycles. The van der Waals surface area contributed by atoms with Crippen LogP contribution in [-0.2, 0) is 0 Å². The number of phenolic OH excluding ortho intramolecular Hbond substituents is 1. The summed E-state index contributed by atoms with van der Waals surface area (Å²) in [5.41, 5.74) is 1.92. The fourth-order valence-corrected chi connectivity index (χ4v) is 2.54. The molecule has 0 spiro atoms. The minimum atomic E-state index is 0.0123. The predicted molar refractivity (Wildman–Crippen MR) is 66.2 cm³/mol. The van der Waals surface area contributed by atoms with Gasteiger partial charge in [0.25, 0.3) is 0 Å². The van der Waals surface area contributed by atoms with Crippen LogP contribution in [0.2, 0.25) is 10.0 Å². The molecule has 2 rings (SSSR count). The lowest BCUT2D eigenvalue weighted by molar-refractivity contribution is 0.475. The van der Waals surface area contributed by atoms with Crippen LogP contribution in [0.25, 0.3) is 11.1 Å². The van der Waals surface area contributed by atoms with E-state index in [9.17, 15) is 5.11 Å². The van der Waals surface area contributed by atoms with Crippen LogP contribution < -0.4 is 0 Å². The van der Waals surface area contributed by atoms with Crippen LogP contribution in [0.4, 0.5) is 0 Å². The molecule has 78 valence electrons. The average Bonchev–Trinajstić information content (AvgIpc) is 2.58. The lowest BCUT2D eigenvalue weighted by Crippen LogP contribution is -1.80. The van der Waals surface area contributed by atoms with Gasteiger partial charge in [-0.25, -0.2) is 0 Å². The summed E-state index contributed by atoms with van der Waals surface area (Å²) in [6.07, 6.45) is 0. The molecule has 0 amide bonds. The van der Waals surface area contributed by atoms with Crippen LogP contribution in [-0.4, -0.2) is 5.11 Å². The predicted octanol–water partition coefficient (Wildman–Crippen LogP) is 4.74. The van der Waals surface area contributed by atoms with Crippen molar-refractivity contribution in [2.45, 2.75) is 6.92 Å². The fraction of sp³-hybridized carbons (Fsp3) is 0.0909. The maximum Gasteiger partial charge on any atom is 0.135 e. The Morgan fingerprint density at radius 2 is 1.87 bits per heavy atom. The van der Waals surface area contributed by atoms with E-state index in [0.717, 1.165) is 11.1 Å². The van der Waals surface area contributed by atoms with E-state index in [1.807, 2.05) is 18.4 Å². The summed E-state index contributed by atoms with van der Waals surface area (Å²) in [6, 6.07) is 5.15. The monoisotopic (exact) mass is 258 g/mol. The van der Waals surface area contributed by atoms with Gasteiger partial charge in [-0.15, -0.1) is 11.3 Å². The number of benzene rings is 1. The van der Waals surface area contributed by atoms with Crippen molar-refractivity contribution in [3.8, 4) is 16.9 Å². The van der Waals surface area contributed by atoms with Gasteiger partial charge in [0.05, 0.1) is 10.0 Å². The number of aromatic hydroxyl groups is 1. The van der Waals surface area contributed by atoms with Gasteiger partial charge in [-0.2, -0.15) is 0 Å². The zero-order chi connectivity index (χ0) is 11.0. The number of aryl methyl sites for hydroxylation is 1. The van der Waals surface area contributed by atoms with E-state index in [1.165, 1.54) is 10.9 Å². The standard InChI is InChI=1S/C11H8Cl2OS/c1-6-7(2-3-15-6)8-4-10(13)11(14)5-9(8)12/h2-5,14H,1H3. The first-order chi connectivity index (χ1) is 7.09. The zero-order valence-electron chi connectivity index (χ0n) is 7.92. The summed E-state index contributed by atoms with van der Waals surface area (Å²) >= 11 is 13.6. The number of rotatable bonds is 1. The van der Waals surface area contributed by atoms with Crippen molar-refractivity contribution in [2.75, 3.05) is 0 Å². The van der Waals surface area contributed by atoms with Crippen molar-refractivity contribution in [3.63, 3.8) is 0 Å². The van der Waals surface area contributed by atoms with Gasteiger partial charge < -0.3 is 5.11 Å². The second-order valence-electron chi connectivity index (χ2n) is 3.17. The van der Waals surface area contributed by atoms with Crippen molar-refractivity contribution in [1.82, 2.24) is 0 Å². The number of halogens is 2. The molecule has 0 aliphatic heterocycles. The molecule has 0 fully saturated rings. The van der Waals surface area contributed by atoms with Crippen LogP contribution in [0.5, 0.6) is 5.75 Å². The van der Waals surface area contributed by atoms with Crippen LogP contribution in [0, 0.1) is 6.92 Å². The zero-order valence-corrected chi connectivity index (χ0v) is 10.2. The topological polar surface area (TPSA) is 20.2 Å². The van der Waals surface area contributed by atoms with Crippen molar-refractivity contribution in [1.29, 1.82) is 0 Å². The quantitative estimate of drug-likeness (QED) is 0.784. The van der Waals surface area contributed by atoms with Gasteiger partial charge in [0.1, 0.15) is 5.75 Å². The summed E-state index contributed by atoms with van der Waals surface area (Å²) in [7, 11) is 0. The Hall–Kier alpha value is -0.700. The van der Waals surface area contributed by atoms with E-state index < -0.39 is 0 Å². The lowest BCUT2D eigenvalue weighted by atomic mass is 10.1. The lowest BCUT2D eigenvalue weighted by Gasteiger charge is -2.06. The number of phenols is 1. The first-order valence-corrected chi connectivity index (χ1v) is 5.95. The molecule has 1 N–H and O–H groups in total. The number of thiophene rings is 1. The third-order valence-electron chi connectivity index (χ3n) is 2.19. The van der Waals surface area contributed by atoms with Crippen molar-refractivity contribution < 1.29 is 5.11 Å². The fourth-order valence-electron chi connectivity index (χ4n) is 1.41. The molecule has 0 atom stereocenters. The molecule has 0 aliphatic rings. The molecule has 0 radical (unpaired) electrons. The first kappa shape index (κ1) is 10.8. The highest BCUT2D eigenvalue weighted by atomic mass is 35.5. The summed E-state index contributed by atoms with van der Waals surface area (Å²) in [6.45, 7) is 2.02. The summed E-state index contributed by atoms with van der Waals surface area (Å²) in [5, 5.41) is 12.2. The molecule has 2 aromatic rings. The van der Waals surface area contributed by atoms with Gasteiger partial charge in [-0.3, -0.25) is 0 Å². The molecule has 0 saturated heterocycles. The van der Waals surface area contributed by atoms with E-state index in [0.29, 0.717) is 10.0 Å².